The van der Waals surface area contributed by atoms with Crippen molar-refractivity contribution >= 4 is 35.8 Å². The molecule has 0 aliphatic heterocycles. The van der Waals surface area contributed by atoms with Crippen LogP contribution in [0.2, 0.25) is 0 Å². The summed E-state index contributed by atoms with van der Waals surface area (Å²) in [6, 6.07) is 2.84. The van der Waals surface area contributed by atoms with Crippen LogP contribution in [0.3, 0.4) is 0 Å². The fourth-order valence-electron chi connectivity index (χ4n) is 1.23. The van der Waals surface area contributed by atoms with E-state index in [0.29, 0.717) is 12.2 Å². The quantitative estimate of drug-likeness (QED) is 0.687. The third kappa shape index (κ3) is 4.40. The lowest BCUT2D eigenvalue weighted by Crippen LogP contribution is -2.44. The van der Waals surface area contributed by atoms with Gasteiger partial charge in [-0.25, -0.2) is 4.79 Å². The van der Waals surface area contributed by atoms with Crippen LogP contribution >= 0.6 is 24.0 Å². The number of carbonyl (C=O) groups excluding carboxylic acids is 1. The first kappa shape index (κ1) is 14.1. The number of aliphatic carboxylic acids is 1. The monoisotopic (exact) mass is 273 g/mol. The Balaban J connectivity index is 2.61. The minimum Gasteiger partial charge on any atom is -0.480 e. The Labute approximate surface area is 109 Å². The van der Waals surface area contributed by atoms with Crippen LogP contribution in [0.4, 0.5) is 0 Å². The van der Waals surface area contributed by atoms with Crippen LogP contribution in [0.25, 0.3) is 0 Å². The van der Waals surface area contributed by atoms with Gasteiger partial charge in [0.15, 0.2) is 0 Å². The minimum absolute atomic E-state index is 0.274. The zero-order chi connectivity index (χ0) is 12.8. The predicted octanol–water partition coefficient (Wildman–Crippen LogP) is 1.43. The van der Waals surface area contributed by atoms with Crippen molar-refractivity contribution in [3.8, 4) is 0 Å². The van der Waals surface area contributed by atoms with Crippen molar-refractivity contribution in [2.45, 2.75) is 19.4 Å². The minimum atomic E-state index is -1.02. The van der Waals surface area contributed by atoms with Crippen LogP contribution in [0.15, 0.2) is 17.5 Å². The lowest BCUT2D eigenvalue weighted by Gasteiger charge is -2.16. The number of amides is 1. The summed E-state index contributed by atoms with van der Waals surface area (Å²) >= 11 is 5.49. The van der Waals surface area contributed by atoms with Gasteiger partial charge in [0.2, 0.25) is 5.91 Å². The van der Waals surface area contributed by atoms with Crippen molar-refractivity contribution in [3.63, 3.8) is 0 Å². The number of carbonyl (C=O) groups is 2. The maximum atomic E-state index is 11.6. The molecule has 0 radical (unpaired) electrons. The molecule has 2 atom stereocenters. The molecular formula is C11H15NO3S2. The summed E-state index contributed by atoms with van der Waals surface area (Å²) in [5.41, 5.74) is 0. The molecule has 1 unspecified atom stereocenters. The van der Waals surface area contributed by atoms with Crippen LogP contribution in [-0.2, 0) is 16.0 Å². The van der Waals surface area contributed by atoms with E-state index in [-0.39, 0.29) is 11.8 Å². The summed E-state index contributed by atoms with van der Waals surface area (Å²) in [4.78, 5) is 23.6. The maximum absolute atomic E-state index is 11.6. The normalized spacial score (nSPS) is 14.0. The molecule has 0 aliphatic rings. The number of rotatable bonds is 6. The van der Waals surface area contributed by atoms with Crippen LogP contribution < -0.4 is 5.32 Å². The molecule has 94 valence electrons. The van der Waals surface area contributed by atoms with Gasteiger partial charge in [-0.1, -0.05) is 13.0 Å². The van der Waals surface area contributed by atoms with E-state index in [0.717, 1.165) is 4.88 Å². The van der Waals surface area contributed by atoms with Gasteiger partial charge in [-0.3, -0.25) is 4.79 Å². The Morgan fingerprint density at radius 3 is 2.76 bits per heavy atom. The van der Waals surface area contributed by atoms with Crippen molar-refractivity contribution in [1.29, 1.82) is 0 Å². The van der Waals surface area contributed by atoms with E-state index in [2.05, 4.69) is 17.9 Å². The summed E-state index contributed by atoms with van der Waals surface area (Å²) in [6.07, 6.45) is 0.317. The first-order valence-corrected chi connectivity index (χ1v) is 6.72. The van der Waals surface area contributed by atoms with Gasteiger partial charge < -0.3 is 10.4 Å². The highest BCUT2D eigenvalue weighted by Crippen LogP contribution is 2.11. The van der Waals surface area contributed by atoms with Crippen LogP contribution in [0.1, 0.15) is 11.8 Å². The molecule has 0 aromatic carbocycles. The predicted molar refractivity (Wildman–Crippen MR) is 70.6 cm³/mol. The fraction of sp³-hybridized carbons (Fsp3) is 0.455. The smallest absolute Gasteiger partial charge is 0.326 e. The number of carboxylic acid groups (broad SMARTS) is 1. The lowest BCUT2D eigenvalue weighted by atomic mass is 10.1. The summed E-state index contributed by atoms with van der Waals surface area (Å²) in [6.45, 7) is 1.71. The van der Waals surface area contributed by atoms with Gasteiger partial charge in [0.25, 0.3) is 0 Å². The van der Waals surface area contributed by atoms with Gasteiger partial charge in [-0.05, 0) is 11.4 Å². The first-order valence-electron chi connectivity index (χ1n) is 5.21. The highest BCUT2D eigenvalue weighted by molar-refractivity contribution is 7.80. The molecule has 2 N–H and O–H groups in total. The van der Waals surface area contributed by atoms with Crippen molar-refractivity contribution in [2.75, 3.05) is 5.75 Å². The fourth-order valence-corrected chi connectivity index (χ4v) is 2.14. The Morgan fingerprint density at radius 1 is 1.59 bits per heavy atom. The SMILES string of the molecule is CC(CS)C(=O)N[C@@H](Cc1cccs1)C(=O)O. The molecule has 0 saturated heterocycles. The molecule has 1 heterocycles. The zero-order valence-electron chi connectivity index (χ0n) is 9.42. The molecule has 1 rings (SSSR count). The van der Waals surface area contributed by atoms with Crippen molar-refractivity contribution in [2.24, 2.45) is 5.92 Å². The number of hydrogen-bond acceptors (Lipinski definition) is 4. The molecule has 4 nitrogen and oxygen atoms in total. The largest absolute Gasteiger partial charge is 0.480 e. The van der Waals surface area contributed by atoms with Crippen molar-refractivity contribution in [3.05, 3.63) is 22.4 Å². The molecule has 1 aromatic rings. The third-order valence-corrected chi connectivity index (χ3v) is 3.77. The second kappa shape index (κ2) is 6.66. The number of carboxylic acids is 1. The summed E-state index contributed by atoms with van der Waals surface area (Å²) < 4.78 is 0. The molecular weight excluding hydrogens is 258 g/mol. The van der Waals surface area contributed by atoms with Crippen LogP contribution in [0, 0.1) is 5.92 Å². The number of thiophene rings is 1. The highest BCUT2D eigenvalue weighted by atomic mass is 32.1. The molecule has 1 aromatic heterocycles. The number of thiol groups is 1. The molecule has 0 spiro atoms. The average Bonchev–Trinajstić information content (AvgIpc) is 2.79. The zero-order valence-corrected chi connectivity index (χ0v) is 11.1. The Kier molecular flexibility index (Phi) is 5.50. The second-order valence-electron chi connectivity index (χ2n) is 3.77. The summed E-state index contributed by atoms with van der Waals surface area (Å²) in [5, 5.41) is 13.5. The number of nitrogens with one attached hydrogen (secondary N) is 1. The average molecular weight is 273 g/mol. The van der Waals surface area contributed by atoms with Crippen molar-refractivity contribution < 1.29 is 14.7 Å². The molecule has 0 bridgehead atoms. The van der Waals surface area contributed by atoms with Gasteiger partial charge in [-0.15, -0.1) is 11.3 Å². The third-order valence-electron chi connectivity index (χ3n) is 2.32. The summed E-state index contributed by atoms with van der Waals surface area (Å²) in [7, 11) is 0. The van der Waals surface area contributed by atoms with Gasteiger partial charge >= 0.3 is 5.97 Å². The molecule has 17 heavy (non-hydrogen) atoms. The van der Waals surface area contributed by atoms with E-state index in [9.17, 15) is 9.59 Å². The standard InChI is InChI=1S/C11H15NO3S2/c1-7(6-16)10(13)12-9(11(14)15)5-8-3-2-4-17-8/h2-4,7,9,16H,5-6H2,1H3,(H,12,13)(H,14,15)/t7?,9-/m0/s1. The van der Waals surface area contributed by atoms with Crippen LogP contribution in [0.5, 0.6) is 0 Å². The Bertz CT molecular complexity index is 378. The number of hydrogen-bond donors (Lipinski definition) is 3. The van der Waals surface area contributed by atoms with Gasteiger partial charge in [0.05, 0.1) is 0 Å². The molecule has 0 aliphatic carbocycles. The van der Waals surface area contributed by atoms with E-state index < -0.39 is 12.0 Å². The van der Waals surface area contributed by atoms with Gasteiger partial charge in [-0.2, -0.15) is 12.6 Å². The second-order valence-corrected chi connectivity index (χ2v) is 5.16. The molecule has 0 saturated carbocycles. The highest BCUT2D eigenvalue weighted by Gasteiger charge is 2.22. The van der Waals surface area contributed by atoms with Gasteiger partial charge in [0, 0.05) is 23.0 Å². The van der Waals surface area contributed by atoms with Gasteiger partial charge in [0.1, 0.15) is 6.04 Å². The Hall–Kier alpha value is -1.01. The molecule has 6 heteroatoms. The van der Waals surface area contributed by atoms with Crippen LogP contribution in [-0.4, -0.2) is 28.8 Å². The van der Waals surface area contributed by atoms with E-state index in [1.54, 1.807) is 6.92 Å². The molecule has 1 amide bonds. The molecule has 0 fully saturated rings. The topological polar surface area (TPSA) is 66.4 Å². The Morgan fingerprint density at radius 2 is 2.29 bits per heavy atom. The first-order chi connectivity index (χ1) is 8.04. The van der Waals surface area contributed by atoms with E-state index in [4.69, 9.17) is 5.11 Å². The summed E-state index contributed by atoms with van der Waals surface area (Å²) in [5.74, 6) is -1.18. The lowest BCUT2D eigenvalue weighted by molar-refractivity contribution is -0.142. The van der Waals surface area contributed by atoms with E-state index >= 15 is 0 Å². The van der Waals surface area contributed by atoms with Crippen molar-refractivity contribution in [1.82, 2.24) is 5.32 Å². The van der Waals surface area contributed by atoms with E-state index in [1.165, 1.54) is 11.3 Å². The maximum Gasteiger partial charge on any atom is 0.326 e. The van der Waals surface area contributed by atoms with E-state index in [1.807, 2.05) is 17.5 Å².